The molecule has 240 valence electrons. The number of ether oxygens (including phenoxy) is 1. The maximum Gasteiger partial charge on any atom is 0.258 e. The van der Waals surface area contributed by atoms with Crippen LogP contribution in [0.4, 0.5) is 16.2 Å². The van der Waals surface area contributed by atoms with E-state index in [2.05, 4.69) is 35.1 Å². The zero-order chi connectivity index (χ0) is 31.6. The van der Waals surface area contributed by atoms with E-state index in [1.54, 1.807) is 23.5 Å². The highest BCUT2D eigenvalue weighted by molar-refractivity contribution is 5.97. The predicted octanol–water partition coefficient (Wildman–Crippen LogP) is 5.64. The van der Waals surface area contributed by atoms with Gasteiger partial charge in [0, 0.05) is 63.2 Å². The number of carbonyl (C=O) groups is 1. The summed E-state index contributed by atoms with van der Waals surface area (Å²) >= 11 is 0. The van der Waals surface area contributed by atoms with Crippen LogP contribution in [0.25, 0.3) is 0 Å². The molecule has 45 heavy (non-hydrogen) atoms. The summed E-state index contributed by atoms with van der Waals surface area (Å²) in [7, 11) is 0. The molecule has 10 nitrogen and oxygen atoms in total. The van der Waals surface area contributed by atoms with Crippen LogP contribution in [0.1, 0.15) is 70.2 Å². The fourth-order valence-corrected chi connectivity index (χ4v) is 7.52. The summed E-state index contributed by atoms with van der Waals surface area (Å²) in [5, 5.41) is 3.50. The lowest BCUT2D eigenvalue weighted by Gasteiger charge is -2.54. The first kappa shape index (κ1) is 31.1. The van der Waals surface area contributed by atoms with Crippen LogP contribution in [-0.2, 0) is 0 Å². The molecule has 3 fully saturated rings. The van der Waals surface area contributed by atoms with Gasteiger partial charge in [-0.15, -0.1) is 0 Å². The number of aromatic nitrogens is 4. The van der Waals surface area contributed by atoms with E-state index < -0.39 is 5.82 Å². The number of anilines is 2. The number of likely N-dealkylation sites (tertiary alicyclic amines) is 1. The van der Waals surface area contributed by atoms with Crippen LogP contribution in [0.3, 0.4) is 0 Å². The molecule has 0 unspecified atom stereocenters. The third kappa shape index (κ3) is 7.03. The molecule has 1 aromatic carbocycles. The van der Waals surface area contributed by atoms with Gasteiger partial charge in [0.05, 0.1) is 11.8 Å². The van der Waals surface area contributed by atoms with E-state index in [1.165, 1.54) is 50.5 Å². The molecular formula is C34H45FN8O2. The normalized spacial score (nSPS) is 20.1. The monoisotopic (exact) mass is 616 g/mol. The molecule has 6 rings (SSSR count). The predicted molar refractivity (Wildman–Crippen MR) is 172 cm³/mol. The summed E-state index contributed by atoms with van der Waals surface area (Å²) in [5.74, 6) is 1.98. The first-order chi connectivity index (χ1) is 21.7. The highest BCUT2D eigenvalue weighted by atomic mass is 19.1. The quantitative estimate of drug-likeness (QED) is 0.310. The third-order valence-electron chi connectivity index (χ3n) is 9.56. The van der Waals surface area contributed by atoms with Gasteiger partial charge in [0.2, 0.25) is 5.95 Å². The number of rotatable bonds is 10. The summed E-state index contributed by atoms with van der Waals surface area (Å²) in [6.45, 7) is 13.0. The molecule has 0 radical (unpaired) electrons. The van der Waals surface area contributed by atoms with Crippen molar-refractivity contribution < 1.29 is 13.9 Å². The number of carbonyl (C=O) groups excluding carboxylic acids is 1. The van der Waals surface area contributed by atoms with E-state index in [-0.39, 0.29) is 23.6 Å². The van der Waals surface area contributed by atoms with Gasteiger partial charge >= 0.3 is 0 Å². The standard InChI is InChI=1S/C34H45FN8O2/c1-23(2)43(24(3)4)32(44)28-16-26(35)6-7-29(28)45-30-17-36-22-39-31(30)42-15-10-25(19-42)18-41-20-34(21-41)11-8-27(9-12-34)40-33-37-13-5-14-38-33/h5-7,13-14,16-17,22-25,27H,8-12,15,18-21H2,1-4H3,(H,37,38,40)/t25-/m0/s1. The van der Waals surface area contributed by atoms with Crippen molar-refractivity contribution in [1.82, 2.24) is 29.7 Å². The maximum atomic E-state index is 14.4. The fraction of sp³-hybridized carbons (Fsp3) is 0.559. The number of halogens is 1. The van der Waals surface area contributed by atoms with Crippen molar-refractivity contribution in [3.63, 3.8) is 0 Å². The van der Waals surface area contributed by atoms with Crippen molar-refractivity contribution >= 4 is 17.7 Å². The number of benzene rings is 1. The highest BCUT2D eigenvalue weighted by Crippen LogP contribution is 2.45. The molecule has 4 heterocycles. The van der Waals surface area contributed by atoms with Crippen LogP contribution >= 0.6 is 0 Å². The van der Waals surface area contributed by atoms with Crippen molar-refractivity contribution in [3.05, 3.63) is 60.6 Å². The third-order valence-corrected chi connectivity index (χ3v) is 9.56. The number of nitrogens with zero attached hydrogens (tertiary/aromatic N) is 7. The van der Waals surface area contributed by atoms with Gasteiger partial charge in [-0.25, -0.2) is 24.3 Å². The second-order valence-corrected chi connectivity index (χ2v) is 13.6. The van der Waals surface area contributed by atoms with Gasteiger partial charge in [-0.1, -0.05) is 0 Å². The van der Waals surface area contributed by atoms with Crippen LogP contribution in [0.15, 0.2) is 49.2 Å². The van der Waals surface area contributed by atoms with E-state index in [4.69, 9.17) is 4.74 Å². The lowest BCUT2D eigenvalue weighted by Crippen LogP contribution is -2.59. The number of hydrogen-bond acceptors (Lipinski definition) is 9. The van der Waals surface area contributed by atoms with Crippen molar-refractivity contribution in [3.8, 4) is 11.5 Å². The molecule has 1 amide bonds. The Morgan fingerprint density at radius 2 is 1.80 bits per heavy atom. The molecule has 1 saturated carbocycles. The maximum absolute atomic E-state index is 14.4. The van der Waals surface area contributed by atoms with E-state index >= 15 is 0 Å². The molecule has 2 saturated heterocycles. The highest BCUT2D eigenvalue weighted by Gasteiger charge is 2.45. The Morgan fingerprint density at radius 3 is 2.51 bits per heavy atom. The molecule has 11 heteroatoms. The summed E-state index contributed by atoms with van der Waals surface area (Å²) < 4.78 is 20.7. The zero-order valence-electron chi connectivity index (χ0n) is 26.8. The molecule has 2 aliphatic heterocycles. The largest absolute Gasteiger partial charge is 0.451 e. The topological polar surface area (TPSA) is 99.6 Å². The number of amides is 1. The SMILES string of the molecule is CC(C)N(C(=O)c1cc(F)ccc1Oc1cncnc1N1CC[C@@H](CN2CC3(CCC(Nc4ncccn4)CC3)C2)C1)C(C)C. The molecule has 1 N–H and O–H groups in total. The van der Waals surface area contributed by atoms with E-state index in [0.29, 0.717) is 34.7 Å². The van der Waals surface area contributed by atoms with Gasteiger partial charge in [-0.2, -0.15) is 0 Å². The van der Waals surface area contributed by atoms with Gasteiger partial charge in [-0.3, -0.25) is 4.79 Å². The Hall–Kier alpha value is -3.86. The molecule has 0 bridgehead atoms. The summed E-state index contributed by atoms with van der Waals surface area (Å²) in [5.41, 5.74) is 0.642. The molecule has 3 aromatic rings. The number of hydrogen-bond donors (Lipinski definition) is 1. The zero-order valence-corrected chi connectivity index (χ0v) is 26.8. The smallest absolute Gasteiger partial charge is 0.258 e. The minimum absolute atomic E-state index is 0.0474. The average Bonchev–Trinajstić information content (AvgIpc) is 3.47. The van der Waals surface area contributed by atoms with Crippen LogP contribution < -0.4 is 15.0 Å². The van der Waals surface area contributed by atoms with Crippen LogP contribution in [-0.4, -0.2) is 86.5 Å². The van der Waals surface area contributed by atoms with Crippen molar-refractivity contribution in [2.75, 3.05) is 42.9 Å². The lowest BCUT2D eigenvalue weighted by molar-refractivity contribution is -0.0366. The van der Waals surface area contributed by atoms with Gasteiger partial charge in [0.1, 0.15) is 17.9 Å². The Labute approximate surface area is 265 Å². The van der Waals surface area contributed by atoms with Gasteiger partial charge in [0.15, 0.2) is 11.6 Å². The van der Waals surface area contributed by atoms with Gasteiger partial charge < -0.3 is 24.8 Å². The second kappa shape index (κ2) is 13.2. The van der Waals surface area contributed by atoms with Crippen LogP contribution in [0, 0.1) is 17.2 Å². The molecule has 1 atom stereocenters. The second-order valence-electron chi connectivity index (χ2n) is 13.6. The van der Waals surface area contributed by atoms with E-state index in [0.717, 1.165) is 44.8 Å². The minimum atomic E-state index is -0.482. The molecule has 1 spiro atoms. The number of nitrogens with one attached hydrogen (secondary N) is 1. The van der Waals surface area contributed by atoms with Gasteiger partial charge in [0.25, 0.3) is 5.91 Å². The fourth-order valence-electron chi connectivity index (χ4n) is 7.52. The summed E-state index contributed by atoms with van der Waals surface area (Å²) in [6.07, 6.45) is 12.6. The Morgan fingerprint density at radius 1 is 1.07 bits per heavy atom. The molecule has 2 aromatic heterocycles. The Kier molecular flexibility index (Phi) is 9.16. The average molecular weight is 617 g/mol. The van der Waals surface area contributed by atoms with Crippen molar-refractivity contribution in [1.29, 1.82) is 0 Å². The van der Waals surface area contributed by atoms with Crippen molar-refractivity contribution in [2.24, 2.45) is 11.3 Å². The van der Waals surface area contributed by atoms with Gasteiger partial charge in [-0.05, 0) is 95.4 Å². The molecule has 1 aliphatic carbocycles. The van der Waals surface area contributed by atoms with Crippen molar-refractivity contribution in [2.45, 2.75) is 77.9 Å². The molecule has 3 aliphatic rings. The Balaban J connectivity index is 1.05. The van der Waals surface area contributed by atoms with Crippen LogP contribution in [0.5, 0.6) is 11.5 Å². The lowest BCUT2D eigenvalue weighted by atomic mass is 9.67. The molecular weight excluding hydrogens is 571 g/mol. The summed E-state index contributed by atoms with van der Waals surface area (Å²) in [4.78, 5) is 37.6. The first-order valence-electron chi connectivity index (χ1n) is 16.3. The summed E-state index contributed by atoms with van der Waals surface area (Å²) in [6, 6.07) is 6.29. The van der Waals surface area contributed by atoms with E-state index in [1.807, 2.05) is 33.8 Å². The first-order valence-corrected chi connectivity index (χ1v) is 16.3. The van der Waals surface area contributed by atoms with Crippen LogP contribution in [0.2, 0.25) is 0 Å². The van der Waals surface area contributed by atoms with E-state index in [9.17, 15) is 9.18 Å². The minimum Gasteiger partial charge on any atom is -0.451 e. The Bertz CT molecular complexity index is 1450.